The minimum atomic E-state index is -1.09. The van der Waals surface area contributed by atoms with E-state index in [0.717, 1.165) is 16.3 Å². The molecule has 0 bridgehead atoms. The van der Waals surface area contributed by atoms with Crippen molar-refractivity contribution in [2.75, 3.05) is 7.11 Å². The molecule has 5 nitrogen and oxygen atoms in total. The van der Waals surface area contributed by atoms with Gasteiger partial charge < -0.3 is 15.2 Å². The van der Waals surface area contributed by atoms with Crippen LogP contribution in [0.4, 0.5) is 4.79 Å². The highest BCUT2D eigenvalue weighted by atomic mass is 16.5. The molecule has 1 amide bonds. The highest BCUT2D eigenvalue weighted by molar-refractivity contribution is 5.87. The van der Waals surface area contributed by atoms with Crippen LogP contribution in [-0.2, 0) is 16.0 Å². The Morgan fingerprint density at radius 3 is 2.60 bits per heavy atom. The molecule has 104 valence electrons. The number of rotatable bonds is 4. The van der Waals surface area contributed by atoms with E-state index in [1.165, 1.54) is 7.11 Å². The molecule has 2 aromatic carbocycles. The quantitative estimate of drug-likeness (QED) is 0.895. The summed E-state index contributed by atoms with van der Waals surface area (Å²) in [5.74, 6) is -1.09. The summed E-state index contributed by atoms with van der Waals surface area (Å²) >= 11 is 0. The fourth-order valence-corrected chi connectivity index (χ4v) is 2.09. The van der Waals surface area contributed by atoms with Gasteiger partial charge in [-0.2, -0.15) is 0 Å². The van der Waals surface area contributed by atoms with Gasteiger partial charge in [0.05, 0.1) is 7.11 Å². The Kier molecular flexibility index (Phi) is 4.20. The number of hydrogen-bond donors (Lipinski definition) is 2. The van der Waals surface area contributed by atoms with E-state index < -0.39 is 18.1 Å². The second kappa shape index (κ2) is 6.06. The van der Waals surface area contributed by atoms with Crippen LogP contribution >= 0.6 is 0 Å². The molecule has 0 spiro atoms. The van der Waals surface area contributed by atoms with Crippen molar-refractivity contribution in [3.8, 4) is 0 Å². The lowest BCUT2D eigenvalue weighted by Crippen LogP contribution is -2.42. The van der Waals surface area contributed by atoms with Gasteiger partial charge in [0.2, 0.25) is 0 Å². The van der Waals surface area contributed by atoms with Gasteiger partial charge in [-0.1, -0.05) is 42.5 Å². The molecule has 5 heteroatoms. The number of aliphatic carboxylic acids is 1. The molecule has 0 fully saturated rings. The van der Waals surface area contributed by atoms with E-state index in [-0.39, 0.29) is 6.42 Å². The number of hydrogen-bond acceptors (Lipinski definition) is 3. The van der Waals surface area contributed by atoms with Gasteiger partial charge in [-0.25, -0.2) is 9.59 Å². The van der Waals surface area contributed by atoms with Gasteiger partial charge in [0.25, 0.3) is 0 Å². The number of alkyl carbamates (subject to hydrolysis) is 1. The third kappa shape index (κ3) is 3.06. The molecule has 0 unspecified atom stereocenters. The fourth-order valence-electron chi connectivity index (χ4n) is 2.09. The monoisotopic (exact) mass is 273 g/mol. The first kappa shape index (κ1) is 13.9. The van der Waals surface area contributed by atoms with Crippen LogP contribution < -0.4 is 5.32 Å². The number of ether oxygens (including phenoxy) is 1. The highest BCUT2D eigenvalue weighted by Gasteiger charge is 2.21. The minimum Gasteiger partial charge on any atom is -0.480 e. The third-order valence-corrected chi connectivity index (χ3v) is 3.08. The molecular weight excluding hydrogens is 258 g/mol. The van der Waals surface area contributed by atoms with Gasteiger partial charge in [0.15, 0.2) is 0 Å². The lowest BCUT2D eigenvalue weighted by molar-refractivity contribution is -0.139. The molecule has 0 aliphatic heterocycles. The van der Waals surface area contributed by atoms with Gasteiger partial charge in [0, 0.05) is 6.42 Å². The first-order chi connectivity index (χ1) is 9.61. The average molecular weight is 273 g/mol. The maximum atomic E-state index is 11.2. The molecule has 2 rings (SSSR count). The summed E-state index contributed by atoms with van der Waals surface area (Å²) in [4.78, 5) is 22.4. The summed E-state index contributed by atoms with van der Waals surface area (Å²) in [6.45, 7) is 0. The van der Waals surface area contributed by atoms with Crippen LogP contribution in [0.25, 0.3) is 10.8 Å². The normalized spacial score (nSPS) is 11.8. The van der Waals surface area contributed by atoms with Crippen molar-refractivity contribution in [1.82, 2.24) is 5.32 Å². The second-order valence-electron chi connectivity index (χ2n) is 4.37. The standard InChI is InChI=1S/C15H15NO4/c1-20-15(19)16-13(14(17)18)9-11-7-4-6-10-5-2-3-8-12(10)11/h2-8,13H,9H2,1H3,(H,16,19)(H,17,18)/t13-/m0/s1. The van der Waals surface area contributed by atoms with Gasteiger partial charge in [0.1, 0.15) is 6.04 Å². The maximum absolute atomic E-state index is 11.2. The van der Waals surface area contributed by atoms with Gasteiger partial charge in [-0.3, -0.25) is 0 Å². The number of carbonyl (C=O) groups excluding carboxylic acids is 1. The van der Waals surface area contributed by atoms with E-state index in [9.17, 15) is 14.7 Å². The number of carbonyl (C=O) groups is 2. The summed E-state index contributed by atoms with van der Waals surface area (Å²) in [6, 6.07) is 12.4. The summed E-state index contributed by atoms with van der Waals surface area (Å²) in [6.07, 6.45) is -0.552. The summed E-state index contributed by atoms with van der Waals surface area (Å²) < 4.78 is 4.44. The van der Waals surface area contributed by atoms with Gasteiger partial charge >= 0.3 is 12.1 Å². The lowest BCUT2D eigenvalue weighted by atomic mass is 9.99. The van der Waals surface area contributed by atoms with E-state index in [2.05, 4.69) is 10.1 Å². The van der Waals surface area contributed by atoms with Crippen molar-refractivity contribution in [3.63, 3.8) is 0 Å². The molecule has 0 heterocycles. The van der Waals surface area contributed by atoms with Gasteiger partial charge in [-0.05, 0) is 16.3 Å². The Morgan fingerprint density at radius 2 is 1.90 bits per heavy atom. The summed E-state index contributed by atoms with van der Waals surface area (Å²) in [5, 5.41) is 13.5. The van der Waals surface area contributed by atoms with E-state index in [1.54, 1.807) is 0 Å². The lowest BCUT2D eigenvalue weighted by Gasteiger charge is -2.15. The fraction of sp³-hybridized carbons (Fsp3) is 0.200. The number of nitrogens with one attached hydrogen (secondary N) is 1. The summed E-state index contributed by atoms with van der Waals surface area (Å²) in [5.41, 5.74) is 0.868. The van der Waals surface area contributed by atoms with Gasteiger partial charge in [-0.15, -0.1) is 0 Å². The van der Waals surface area contributed by atoms with Crippen molar-refractivity contribution in [2.24, 2.45) is 0 Å². The smallest absolute Gasteiger partial charge is 0.407 e. The first-order valence-electron chi connectivity index (χ1n) is 6.15. The summed E-state index contributed by atoms with van der Waals surface area (Å²) in [7, 11) is 1.20. The highest BCUT2D eigenvalue weighted by Crippen LogP contribution is 2.19. The number of amides is 1. The van der Waals surface area contributed by atoms with Crippen molar-refractivity contribution in [1.29, 1.82) is 0 Å². The van der Waals surface area contributed by atoms with E-state index in [0.29, 0.717) is 0 Å². The van der Waals surface area contributed by atoms with E-state index >= 15 is 0 Å². The topological polar surface area (TPSA) is 75.6 Å². The molecule has 1 atom stereocenters. The Balaban J connectivity index is 2.29. The van der Waals surface area contributed by atoms with Crippen LogP contribution in [0.15, 0.2) is 42.5 Å². The first-order valence-corrected chi connectivity index (χ1v) is 6.15. The molecule has 2 N–H and O–H groups in total. The molecule has 2 aromatic rings. The molecule has 0 aromatic heterocycles. The van der Waals surface area contributed by atoms with E-state index in [1.807, 2.05) is 42.5 Å². The molecule has 0 saturated carbocycles. The van der Waals surface area contributed by atoms with Crippen LogP contribution in [0.5, 0.6) is 0 Å². The van der Waals surface area contributed by atoms with Crippen LogP contribution in [0.3, 0.4) is 0 Å². The molecule has 20 heavy (non-hydrogen) atoms. The number of carboxylic acid groups (broad SMARTS) is 1. The molecule has 0 aliphatic rings. The van der Waals surface area contributed by atoms with Crippen molar-refractivity contribution >= 4 is 22.8 Å². The zero-order valence-corrected chi connectivity index (χ0v) is 11.0. The van der Waals surface area contributed by atoms with Crippen LogP contribution in [0, 0.1) is 0 Å². The number of methoxy groups -OCH3 is 1. The van der Waals surface area contributed by atoms with Crippen molar-refractivity contribution in [3.05, 3.63) is 48.0 Å². The SMILES string of the molecule is COC(=O)N[C@@H](Cc1cccc2ccccc12)C(=O)O. The predicted molar refractivity (Wildman–Crippen MR) is 74.6 cm³/mol. The van der Waals surface area contributed by atoms with Crippen LogP contribution in [-0.4, -0.2) is 30.3 Å². The van der Waals surface area contributed by atoms with Crippen LogP contribution in [0.1, 0.15) is 5.56 Å². The Bertz CT molecular complexity index is 633. The number of fused-ring (bicyclic) bond motifs is 1. The predicted octanol–water partition coefficient (Wildman–Crippen LogP) is 2.19. The Hall–Kier alpha value is -2.56. The number of carboxylic acids is 1. The largest absolute Gasteiger partial charge is 0.480 e. The number of benzene rings is 2. The minimum absolute atomic E-state index is 0.200. The third-order valence-electron chi connectivity index (χ3n) is 3.08. The molecule has 0 aliphatic carbocycles. The Morgan fingerprint density at radius 1 is 1.20 bits per heavy atom. The maximum Gasteiger partial charge on any atom is 0.407 e. The van der Waals surface area contributed by atoms with Crippen LogP contribution in [0.2, 0.25) is 0 Å². The zero-order chi connectivity index (χ0) is 14.5. The van der Waals surface area contributed by atoms with Crippen molar-refractivity contribution < 1.29 is 19.4 Å². The molecule has 0 saturated heterocycles. The van der Waals surface area contributed by atoms with E-state index in [4.69, 9.17) is 0 Å². The molecule has 0 radical (unpaired) electrons. The Labute approximate surface area is 116 Å². The zero-order valence-electron chi connectivity index (χ0n) is 11.0. The average Bonchev–Trinajstić information content (AvgIpc) is 2.46. The van der Waals surface area contributed by atoms with Crippen molar-refractivity contribution in [2.45, 2.75) is 12.5 Å². The second-order valence-corrected chi connectivity index (χ2v) is 4.37. The molecular formula is C15H15NO4.